The minimum Gasteiger partial charge on any atom is -0.490 e. The highest BCUT2D eigenvalue weighted by Gasteiger charge is 2.26. The number of hydrogen-bond donors (Lipinski definition) is 3. The standard InChI is InChI=1S/C22H20BrN3O5S/c1-3-30-17-10-13(8-15-20(28)25-22(32)26-21(15)29)9-16(23)19(17)31-11-18(27)24-14-6-4-5-12(2)7-14/h4-10H,3,11H2,1-2H3,(H,24,27)(H2,25,26,28,29,32). The topological polar surface area (TPSA) is 106 Å². The van der Waals surface area contributed by atoms with Crippen LogP contribution in [-0.4, -0.2) is 36.0 Å². The smallest absolute Gasteiger partial charge is 0.263 e. The molecule has 8 nitrogen and oxygen atoms in total. The van der Waals surface area contributed by atoms with Gasteiger partial charge in [-0.1, -0.05) is 12.1 Å². The Morgan fingerprint density at radius 3 is 2.53 bits per heavy atom. The zero-order chi connectivity index (χ0) is 23.3. The largest absolute Gasteiger partial charge is 0.490 e. The monoisotopic (exact) mass is 517 g/mol. The molecule has 1 saturated heterocycles. The molecular formula is C22H20BrN3O5S. The number of thiocarbonyl (C=S) groups is 1. The van der Waals surface area contributed by atoms with Gasteiger partial charge in [0.05, 0.1) is 11.1 Å². The summed E-state index contributed by atoms with van der Waals surface area (Å²) in [4.78, 5) is 36.5. The Labute approximate surface area is 198 Å². The van der Waals surface area contributed by atoms with Crippen LogP contribution in [0.4, 0.5) is 5.69 Å². The second-order valence-corrected chi connectivity index (χ2v) is 8.03. The van der Waals surface area contributed by atoms with Crippen molar-refractivity contribution in [3.8, 4) is 11.5 Å². The highest BCUT2D eigenvalue weighted by Crippen LogP contribution is 2.37. The summed E-state index contributed by atoms with van der Waals surface area (Å²) in [5.74, 6) is -0.846. The molecule has 0 radical (unpaired) electrons. The Kier molecular flexibility index (Phi) is 7.60. The molecule has 0 unspecified atom stereocenters. The maximum absolute atomic E-state index is 12.3. The number of halogens is 1. The van der Waals surface area contributed by atoms with Crippen LogP contribution in [-0.2, 0) is 14.4 Å². The second-order valence-electron chi connectivity index (χ2n) is 6.76. The van der Waals surface area contributed by atoms with Gasteiger partial charge in [-0.15, -0.1) is 0 Å². The SMILES string of the molecule is CCOc1cc(C=C2C(=O)NC(=S)NC2=O)cc(Br)c1OCC(=O)Nc1cccc(C)c1. The van der Waals surface area contributed by atoms with Crippen molar-refractivity contribution in [3.05, 3.63) is 57.6 Å². The molecule has 0 spiro atoms. The van der Waals surface area contributed by atoms with Crippen molar-refractivity contribution >= 4 is 62.7 Å². The lowest BCUT2D eigenvalue weighted by Gasteiger charge is -2.17. The Morgan fingerprint density at radius 2 is 1.88 bits per heavy atom. The van der Waals surface area contributed by atoms with Crippen LogP contribution in [0.3, 0.4) is 0 Å². The van der Waals surface area contributed by atoms with Crippen molar-refractivity contribution in [3.63, 3.8) is 0 Å². The summed E-state index contributed by atoms with van der Waals surface area (Å²) in [5.41, 5.74) is 2.12. The van der Waals surface area contributed by atoms with Gasteiger partial charge < -0.3 is 14.8 Å². The van der Waals surface area contributed by atoms with Gasteiger partial charge in [-0.05, 0) is 83.5 Å². The first-order valence-corrected chi connectivity index (χ1v) is 10.8. The van der Waals surface area contributed by atoms with Crippen LogP contribution in [0, 0.1) is 6.92 Å². The number of carbonyl (C=O) groups is 3. The number of carbonyl (C=O) groups excluding carboxylic acids is 3. The molecule has 0 aromatic heterocycles. The maximum atomic E-state index is 12.3. The van der Waals surface area contributed by atoms with Crippen LogP contribution >= 0.6 is 28.1 Å². The normalized spacial score (nSPS) is 13.2. The third kappa shape index (κ3) is 5.92. The van der Waals surface area contributed by atoms with Crippen LogP contribution in [0.25, 0.3) is 6.08 Å². The molecule has 1 heterocycles. The van der Waals surface area contributed by atoms with Gasteiger partial charge in [-0.3, -0.25) is 25.0 Å². The number of benzene rings is 2. The summed E-state index contributed by atoms with van der Waals surface area (Å²) < 4.78 is 11.8. The van der Waals surface area contributed by atoms with E-state index in [4.69, 9.17) is 21.7 Å². The van der Waals surface area contributed by atoms with Crippen molar-refractivity contribution in [2.75, 3.05) is 18.5 Å². The van der Waals surface area contributed by atoms with Gasteiger partial charge in [0.15, 0.2) is 23.2 Å². The molecule has 3 N–H and O–H groups in total. The van der Waals surface area contributed by atoms with E-state index < -0.39 is 11.8 Å². The summed E-state index contributed by atoms with van der Waals surface area (Å²) in [6.07, 6.45) is 1.41. The predicted octanol–water partition coefficient (Wildman–Crippen LogP) is 3.09. The van der Waals surface area contributed by atoms with Crippen molar-refractivity contribution < 1.29 is 23.9 Å². The molecule has 166 valence electrons. The number of anilines is 1. The van der Waals surface area contributed by atoms with E-state index in [0.717, 1.165) is 5.56 Å². The Hall–Kier alpha value is -3.24. The molecule has 0 aliphatic carbocycles. The molecule has 32 heavy (non-hydrogen) atoms. The molecule has 0 bridgehead atoms. The molecule has 0 atom stereocenters. The van der Waals surface area contributed by atoms with Gasteiger partial charge in [-0.25, -0.2) is 0 Å². The van der Waals surface area contributed by atoms with Gasteiger partial charge in [0.1, 0.15) is 5.57 Å². The lowest BCUT2D eigenvalue weighted by molar-refractivity contribution is -0.123. The average Bonchev–Trinajstić information content (AvgIpc) is 2.70. The van der Waals surface area contributed by atoms with Gasteiger partial charge in [0, 0.05) is 5.69 Å². The number of rotatable bonds is 7. The van der Waals surface area contributed by atoms with Crippen LogP contribution in [0.15, 0.2) is 46.4 Å². The van der Waals surface area contributed by atoms with E-state index in [0.29, 0.717) is 33.8 Å². The lowest BCUT2D eigenvalue weighted by Crippen LogP contribution is -2.51. The summed E-state index contributed by atoms with van der Waals surface area (Å²) in [6, 6.07) is 10.7. The minimum absolute atomic E-state index is 0.0407. The maximum Gasteiger partial charge on any atom is 0.263 e. The van der Waals surface area contributed by atoms with Crippen LogP contribution in [0.5, 0.6) is 11.5 Å². The average molecular weight is 518 g/mol. The first-order chi connectivity index (χ1) is 15.3. The van der Waals surface area contributed by atoms with E-state index in [1.165, 1.54) is 6.08 Å². The zero-order valence-corrected chi connectivity index (χ0v) is 19.7. The molecule has 3 amide bonds. The van der Waals surface area contributed by atoms with E-state index in [1.54, 1.807) is 25.1 Å². The third-order valence-corrected chi connectivity index (χ3v) is 5.03. The van der Waals surface area contributed by atoms with Gasteiger partial charge in [0.2, 0.25) is 0 Å². The molecule has 1 aliphatic rings. The fraction of sp³-hybridized carbons (Fsp3) is 0.182. The summed E-state index contributed by atoms with van der Waals surface area (Å²) in [5, 5.41) is 7.50. The number of ether oxygens (including phenoxy) is 2. The highest BCUT2D eigenvalue weighted by molar-refractivity contribution is 9.10. The van der Waals surface area contributed by atoms with Crippen molar-refractivity contribution in [2.45, 2.75) is 13.8 Å². The summed E-state index contributed by atoms with van der Waals surface area (Å²) in [7, 11) is 0. The first-order valence-electron chi connectivity index (χ1n) is 9.61. The fourth-order valence-electron chi connectivity index (χ4n) is 2.90. The summed E-state index contributed by atoms with van der Waals surface area (Å²) in [6.45, 7) is 3.84. The quantitative estimate of drug-likeness (QED) is 0.296. The van der Waals surface area contributed by atoms with E-state index in [1.807, 2.05) is 25.1 Å². The number of nitrogens with one attached hydrogen (secondary N) is 3. The first kappa shape index (κ1) is 23.4. The molecule has 1 aliphatic heterocycles. The predicted molar refractivity (Wildman–Crippen MR) is 127 cm³/mol. The molecule has 2 aromatic carbocycles. The number of hydrogen-bond acceptors (Lipinski definition) is 6. The van der Waals surface area contributed by atoms with Crippen molar-refractivity contribution in [2.24, 2.45) is 0 Å². The van der Waals surface area contributed by atoms with Crippen LogP contribution < -0.4 is 25.4 Å². The number of aryl methyl sites for hydroxylation is 1. The van der Waals surface area contributed by atoms with E-state index in [2.05, 4.69) is 31.9 Å². The zero-order valence-electron chi connectivity index (χ0n) is 17.3. The van der Waals surface area contributed by atoms with Crippen LogP contribution in [0.2, 0.25) is 0 Å². The summed E-state index contributed by atoms with van der Waals surface area (Å²) >= 11 is 8.21. The minimum atomic E-state index is -0.596. The molecule has 1 fully saturated rings. The van der Waals surface area contributed by atoms with E-state index >= 15 is 0 Å². The van der Waals surface area contributed by atoms with Gasteiger partial charge >= 0.3 is 0 Å². The van der Waals surface area contributed by atoms with Crippen molar-refractivity contribution in [1.29, 1.82) is 0 Å². The molecular weight excluding hydrogens is 498 g/mol. The Morgan fingerprint density at radius 1 is 1.16 bits per heavy atom. The Balaban J connectivity index is 1.79. The Bertz CT molecular complexity index is 1110. The van der Waals surface area contributed by atoms with E-state index in [9.17, 15) is 14.4 Å². The fourth-order valence-corrected chi connectivity index (χ4v) is 3.66. The highest BCUT2D eigenvalue weighted by atomic mass is 79.9. The molecule has 0 saturated carbocycles. The lowest BCUT2D eigenvalue weighted by atomic mass is 10.1. The number of amides is 3. The van der Waals surface area contributed by atoms with Crippen LogP contribution in [0.1, 0.15) is 18.1 Å². The van der Waals surface area contributed by atoms with Crippen molar-refractivity contribution in [1.82, 2.24) is 10.6 Å². The molecule has 2 aromatic rings. The molecule has 3 rings (SSSR count). The molecule has 10 heteroatoms. The van der Waals surface area contributed by atoms with Gasteiger partial charge in [-0.2, -0.15) is 0 Å². The van der Waals surface area contributed by atoms with Gasteiger partial charge in [0.25, 0.3) is 17.7 Å². The van der Waals surface area contributed by atoms with E-state index in [-0.39, 0.29) is 23.2 Å². The third-order valence-electron chi connectivity index (χ3n) is 4.24. The second kappa shape index (κ2) is 10.4.